The highest BCUT2D eigenvalue weighted by molar-refractivity contribution is 5.76. The summed E-state index contributed by atoms with van der Waals surface area (Å²) in [4.78, 5) is 49.8. The van der Waals surface area contributed by atoms with E-state index in [0.29, 0.717) is 12.1 Å². The number of nitrogens with zero attached hydrogens (tertiary/aromatic N) is 4. The molecule has 0 saturated carbocycles. The summed E-state index contributed by atoms with van der Waals surface area (Å²) in [6.07, 6.45) is -14.8. The number of aliphatic hydroxyl groups is 4. The monoisotopic (exact) mass is 1230 g/mol. The van der Waals surface area contributed by atoms with Crippen LogP contribution in [0.3, 0.4) is 0 Å². The Morgan fingerprint density at radius 3 is 1.24 bits per heavy atom. The van der Waals surface area contributed by atoms with E-state index < -0.39 is 84.5 Å². The molecule has 2 aromatic rings. The zero-order chi connectivity index (χ0) is 61.0. The summed E-state index contributed by atoms with van der Waals surface area (Å²) < 4.78 is 144. The maximum Gasteiger partial charge on any atom is 0.433 e. The quantitative estimate of drug-likeness (QED) is 0.0254. The van der Waals surface area contributed by atoms with Crippen LogP contribution >= 0.6 is 0 Å². The van der Waals surface area contributed by atoms with Crippen molar-refractivity contribution in [2.24, 2.45) is 0 Å². The number of amides is 2. The highest BCUT2D eigenvalue weighted by Crippen LogP contribution is 2.29. The van der Waals surface area contributed by atoms with E-state index in [0.717, 1.165) is 12.4 Å². The summed E-state index contributed by atoms with van der Waals surface area (Å²) in [5.74, 6) is -2.41. The molecule has 8 atom stereocenters. The lowest BCUT2D eigenvalue weighted by molar-refractivity contribution is -0.161. The average molecular weight is 1230 g/mol. The molecular formula is C49H77F6N9O20. The lowest BCUT2D eigenvalue weighted by Crippen LogP contribution is -2.57. The molecule has 0 radical (unpaired) electrons. The number of nitrogens with one attached hydrogen (secondary N) is 5. The third kappa shape index (κ3) is 29.9. The van der Waals surface area contributed by atoms with Crippen LogP contribution in [0.15, 0.2) is 24.5 Å². The van der Waals surface area contributed by atoms with Gasteiger partial charge in [-0.2, -0.15) is 26.3 Å². The van der Waals surface area contributed by atoms with Gasteiger partial charge in [0, 0.05) is 38.3 Å². The van der Waals surface area contributed by atoms with Gasteiger partial charge < -0.3 is 104 Å². The summed E-state index contributed by atoms with van der Waals surface area (Å²) in [5, 5.41) is 64.2. The van der Waals surface area contributed by atoms with Crippen molar-refractivity contribution in [3.63, 3.8) is 0 Å². The number of ether oxygens (including phenoxy) is 12. The Morgan fingerprint density at radius 1 is 0.524 bits per heavy atom. The molecule has 35 heteroatoms. The Labute approximate surface area is 479 Å². The van der Waals surface area contributed by atoms with E-state index in [1.54, 1.807) is 0 Å². The fraction of sp³-hybridized carbons (Fsp3) is 0.776. The van der Waals surface area contributed by atoms with Gasteiger partial charge in [-0.15, -0.1) is 0 Å². The van der Waals surface area contributed by atoms with Crippen molar-refractivity contribution in [2.75, 3.05) is 176 Å². The van der Waals surface area contributed by atoms with Crippen LogP contribution in [0.4, 0.5) is 38.2 Å². The highest BCUT2D eigenvalue weighted by Gasteiger charge is 2.41. The number of alkyl halides is 6. The molecule has 0 bridgehead atoms. The van der Waals surface area contributed by atoms with Gasteiger partial charge in [-0.25, -0.2) is 19.9 Å². The van der Waals surface area contributed by atoms with E-state index in [1.165, 1.54) is 0 Å². The first kappa shape index (κ1) is 71.6. The minimum Gasteiger partial charge on any atom is -0.480 e. The summed E-state index contributed by atoms with van der Waals surface area (Å²) in [6.45, 7) is 3.14. The van der Waals surface area contributed by atoms with Crippen molar-refractivity contribution in [2.45, 2.75) is 79.9 Å². The van der Waals surface area contributed by atoms with Gasteiger partial charge in [0.2, 0.25) is 23.7 Å². The Bertz CT molecular complexity index is 2010. The zero-order valence-electron chi connectivity index (χ0n) is 46.0. The van der Waals surface area contributed by atoms with Crippen LogP contribution < -0.4 is 26.6 Å². The zero-order valence-corrected chi connectivity index (χ0v) is 46.0. The molecule has 2 aromatic heterocycles. The van der Waals surface area contributed by atoms with Crippen LogP contribution in [-0.4, -0.2) is 283 Å². The van der Waals surface area contributed by atoms with E-state index in [9.17, 15) is 61.2 Å². The Hall–Kier alpha value is -4.93. The van der Waals surface area contributed by atoms with Gasteiger partial charge in [0.1, 0.15) is 48.0 Å². The molecule has 10 N–H and O–H groups in total. The normalized spacial score (nSPS) is 21.1. The molecular weight excluding hydrogens is 1150 g/mol. The number of halogens is 6. The summed E-state index contributed by atoms with van der Waals surface area (Å²) in [7, 11) is 0. The van der Waals surface area contributed by atoms with Gasteiger partial charge in [0.15, 0.2) is 0 Å². The number of aromatic nitrogens is 4. The van der Waals surface area contributed by atoms with Crippen molar-refractivity contribution >= 4 is 29.7 Å². The summed E-state index contributed by atoms with van der Waals surface area (Å²) >= 11 is 0. The van der Waals surface area contributed by atoms with Crippen LogP contribution in [0, 0.1) is 0 Å². The lowest BCUT2D eigenvalue weighted by Gasteiger charge is -2.37. The van der Waals surface area contributed by atoms with Crippen LogP contribution in [0.5, 0.6) is 0 Å². The first-order chi connectivity index (χ1) is 40.3. The molecule has 4 heterocycles. The van der Waals surface area contributed by atoms with E-state index in [1.807, 2.05) is 0 Å². The molecule has 2 saturated heterocycles. The van der Waals surface area contributed by atoms with Crippen LogP contribution in [-0.2, 0) is 83.6 Å². The number of hydrogen-bond acceptors (Lipinski definition) is 26. The molecule has 2 aliphatic heterocycles. The smallest absolute Gasteiger partial charge is 0.433 e. The first-order valence-electron chi connectivity index (χ1n) is 26.9. The predicted octanol–water partition coefficient (Wildman–Crippen LogP) is -1.97. The number of aliphatic hydroxyl groups excluding tert-OH is 4. The summed E-state index contributed by atoms with van der Waals surface area (Å²) in [6, 6.07) is -1.04. The summed E-state index contributed by atoms with van der Waals surface area (Å²) in [5.41, 5.74) is -2.32. The fourth-order valence-electron chi connectivity index (χ4n) is 7.42. The second-order valence-corrected chi connectivity index (χ2v) is 18.4. The molecule has 0 aliphatic carbocycles. The lowest BCUT2D eigenvalue weighted by atomic mass is 9.98. The van der Waals surface area contributed by atoms with Crippen LogP contribution in [0.25, 0.3) is 0 Å². The van der Waals surface area contributed by atoms with Crippen molar-refractivity contribution in [1.29, 1.82) is 0 Å². The molecule has 2 amide bonds. The molecule has 0 unspecified atom stereocenters. The van der Waals surface area contributed by atoms with Gasteiger partial charge in [-0.1, -0.05) is 0 Å². The number of carbonyl (C=O) groups excluding carboxylic acids is 2. The second-order valence-electron chi connectivity index (χ2n) is 18.4. The molecule has 4 rings (SSSR count). The van der Waals surface area contributed by atoms with E-state index in [-0.39, 0.29) is 202 Å². The van der Waals surface area contributed by atoms with E-state index in [4.69, 9.17) is 61.9 Å². The van der Waals surface area contributed by atoms with Crippen molar-refractivity contribution in [3.8, 4) is 0 Å². The van der Waals surface area contributed by atoms with E-state index in [2.05, 4.69) is 46.5 Å². The molecule has 2 aliphatic rings. The fourth-order valence-corrected chi connectivity index (χ4v) is 7.42. The Morgan fingerprint density at radius 2 is 0.881 bits per heavy atom. The maximum absolute atomic E-state index is 13.0. The molecule has 0 spiro atoms. The number of rotatable bonds is 45. The van der Waals surface area contributed by atoms with Gasteiger partial charge in [-0.3, -0.25) is 19.7 Å². The van der Waals surface area contributed by atoms with Gasteiger partial charge in [0.25, 0.3) is 0 Å². The third-order valence-corrected chi connectivity index (χ3v) is 11.8. The van der Waals surface area contributed by atoms with Gasteiger partial charge in [0.05, 0.1) is 170 Å². The number of carbonyl (C=O) groups is 3. The second kappa shape index (κ2) is 40.5. The minimum absolute atomic E-state index is 0.0388. The van der Waals surface area contributed by atoms with Gasteiger partial charge >= 0.3 is 18.3 Å². The molecule has 2 fully saturated rings. The van der Waals surface area contributed by atoms with Crippen LogP contribution in [0.2, 0.25) is 0 Å². The predicted molar refractivity (Wildman–Crippen MR) is 275 cm³/mol. The first-order valence-corrected chi connectivity index (χ1v) is 26.9. The number of carboxylic acid groups (broad SMARTS) is 1. The number of anilines is 2. The maximum atomic E-state index is 13.0. The SMILES string of the molecule is O=C(O)CNC(COCCC(=O)NCCOCCOCCOCCOC[C@H]1OC[C@H](Nc2nccc(C(F)(F)F)n2)[C@@H](O)[C@H]1O)COCCC(=O)NCCOCCOCCOCCOC[C@H]1OC[C@H](Nc2nccc(C(F)(F)F)n2)[C@@H](O)[C@H]1O. The molecule has 480 valence electrons. The number of aliphatic carboxylic acids is 1. The average Bonchev–Trinajstić information content (AvgIpc) is 3.61. The van der Waals surface area contributed by atoms with Crippen molar-refractivity contribution in [3.05, 3.63) is 35.9 Å². The topological polar surface area (TPSA) is 375 Å². The van der Waals surface area contributed by atoms with Crippen LogP contribution in [0.1, 0.15) is 24.2 Å². The van der Waals surface area contributed by atoms with E-state index >= 15 is 0 Å². The molecule has 29 nitrogen and oxygen atoms in total. The third-order valence-electron chi connectivity index (χ3n) is 11.8. The number of carboxylic acids is 1. The van der Waals surface area contributed by atoms with Gasteiger partial charge in [-0.05, 0) is 12.1 Å². The number of hydrogen-bond donors (Lipinski definition) is 10. The minimum atomic E-state index is -4.68. The highest BCUT2D eigenvalue weighted by atomic mass is 19.4. The Balaban J connectivity index is 0.870. The van der Waals surface area contributed by atoms with Crippen molar-refractivity contribution in [1.82, 2.24) is 35.9 Å². The van der Waals surface area contributed by atoms with Crippen molar-refractivity contribution < 1.29 is 123 Å². The molecule has 84 heavy (non-hydrogen) atoms. The standard InChI is InChI=1S/C49H77F6N9O20/c50-48(51,52)37-1-5-58-46(63-37)61-33-28-83-35(44(71)42(33)69)30-81-23-21-77-19-17-75-15-13-73-11-7-56-39(65)3-9-79-26-32(60-25-41(67)68)27-80-10-4-40(66)57-8-12-74-14-16-76-18-20-78-22-24-82-31-36-45(72)43(70)34(29-84-36)62-47-59-6-2-38(64-47)49(53,54)55/h1-2,5-6,32-36,42-45,60,69-72H,3-4,7-31H2,(H,56,65)(H,57,66)(H,67,68)(H,58,61,63)(H,59,62,64)/t33-,34-,35+,36+,42+,43+,44-,45-/m0/s1. The largest absolute Gasteiger partial charge is 0.480 e. The Kier molecular flexibility index (Phi) is 34.5. The molecule has 0 aromatic carbocycles.